The third-order valence-corrected chi connectivity index (χ3v) is 2.56. The molecule has 0 bridgehead atoms. The number of halogens is 1. The van der Waals surface area contributed by atoms with E-state index in [1.165, 1.54) is 15.7 Å². The highest BCUT2D eigenvalue weighted by molar-refractivity contribution is 9.15. The fourth-order valence-corrected chi connectivity index (χ4v) is 1.89. The van der Waals surface area contributed by atoms with Gasteiger partial charge in [-0.15, -0.1) is 0 Å². The second kappa shape index (κ2) is 2.27. The molecule has 0 aliphatic heterocycles. The molecule has 1 aromatic heterocycles. The van der Waals surface area contributed by atoms with Gasteiger partial charge in [0.25, 0.3) is 0 Å². The summed E-state index contributed by atoms with van der Waals surface area (Å²) in [7, 11) is 0. The molecule has 52 valence electrons. The van der Waals surface area contributed by atoms with E-state index in [1.807, 2.05) is 6.20 Å². The Morgan fingerprint density at radius 1 is 1.50 bits per heavy atom. The second-order valence-corrected chi connectivity index (χ2v) is 3.31. The summed E-state index contributed by atoms with van der Waals surface area (Å²) >= 11 is 3.51. The van der Waals surface area contributed by atoms with E-state index < -0.39 is 0 Å². The first-order valence-corrected chi connectivity index (χ1v) is 4.19. The predicted octanol–water partition coefficient (Wildman–Crippen LogP) is 2.70. The third kappa shape index (κ3) is 0.833. The van der Waals surface area contributed by atoms with Gasteiger partial charge in [-0.25, -0.2) is 0 Å². The van der Waals surface area contributed by atoms with Crippen LogP contribution in [0.1, 0.15) is 17.7 Å². The summed E-state index contributed by atoms with van der Waals surface area (Å²) in [6.07, 6.45) is 6.51. The molecule has 0 aromatic carbocycles. The number of hydrogen-bond donors (Lipinski definition) is 1. The minimum atomic E-state index is 1.15. The molecular weight excluding hydrogens is 190 g/mol. The Bertz CT molecular complexity index is 273. The molecule has 1 nitrogen and oxygen atoms in total. The number of aryl methyl sites for hydroxylation is 1. The number of allylic oxidation sites excluding steroid dienone is 1. The first-order chi connectivity index (χ1) is 4.88. The van der Waals surface area contributed by atoms with Gasteiger partial charge in [-0.2, -0.15) is 0 Å². The zero-order valence-electron chi connectivity index (χ0n) is 5.52. The van der Waals surface area contributed by atoms with Gasteiger partial charge in [-0.05, 0) is 18.9 Å². The van der Waals surface area contributed by atoms with Crippen molar-refractivity contribution in [3.8, 4) is 0 Å². The predicted molar refractivity (Wildman–Crippen MR) is 46.0 cm³/mol. The van der Waals surface area contributed by atoms with Crippen molar-refractivity contribution in [3.05, 3.63) is 29.6 Å². The lowest BCUT2D eigenvalue weighted by Crippen LogP contribution is -1.93. The molecule has 1 N–H and O–H groups in total. The summed E-state index contributed by atoms with van der Waals surface area (Å²) in [6, 6.07) is 2.11. The number of aromatic amines is 1. The standard InChI is InChI=1S/C8H8BrN/c9-7-2-1-3-8-6(7)4-5-10-8/h2,4-5,10H,1,3H2. The molecule has 1 aliphatic rings. The summed E-state index contributed by atoms with van der Waals surface area (Å²) in [4.78, 5) is 3.22. The van der Waals surface area contributed by atoms with Gasteiger partial charge in [0.1, 0.15) is 0 Å². The van der Waals surface area contributed by atoms with Gasteiger partial charge in [0.2, 0.25) is 0 Å². The third-order valence-electron chi connectivity index (χ3n) is 1.81. The van der Waals surface area contributed by atoms with Crippen molar-refractivity contribution in [1.82, 2.24) is 4.98 Å². The van der Waals surface area contributed by atoms with E-state index in [-0.39, 0.29) is 0 Å². The molecule has 1 aliphatic carbocycles. The van der Waals surface area contributed by atoms with Crippen LogP contribution in [-0.2, 0) is 6.42 Å². The van der Waals surface area contributed by atoms with Crippen LogP contribution in [0, 0.1) is 0 Å². The van der Waals surface area contributed by atoms with Crippen molar-refractivity contribution in [2.24, 2.45) is 0 Å². The van der Waals surface area contributed by atoms with E-state index in [0.29, 0.717) is 0 Å². The Kier molecular flexibility index (Phi) is 1.42. The lowest BCUT2D eigenvalue weighted by molar-refractivity contribution is 0.944. The monoisotopic (exact) mass is 197 g/mol. The van der Waals surface area contributed by atoms with E-state index in [9.17, 15) is 0 Å². The minimum Gasteiger partial charge on any atom is -0.364 e. The Balaban J connectivity index is 2.55. The molecular formula is C8H8BrN. The van der Waals surface area contributed by atoms with E-state index in [4.69, 9.17) is 0 Å². The molecule has 1 aromatic rings. The number of hydrogen-bond acceptors (Lipinski definition) is 0. The smallest absolute Gasteiger partial charge is 0.0235 e. The van der Waals surface area contributed by atoms with Gasteiger partial charge >= 0.3 is 0 Å². The molecule has 0 saturated heterocycles. The van der Waals surface area contributed by atoms with Gasteiger partial charge in [0.05, 0.1) is 0 Å². The number of fused-ring (bicyclic) bond motifs is 1. The molecule has 0 saturated carbocycles. The molecule has 0 spiro atoms. The maximum absolute atomic E-state index is 3.51. The van der Waals surface area contributed by atoms with Gasteiger partial charge in [-0.3, -0.25) is 0 Å². The molecule has 0 amide bonds. The van der Waals surface area contributed by atoms with Crippen LogP contribution < -0.4 is 0 Å². The normalized spacial score (nSPS) is 16.3. The largest absolute Gasteiger partial charge is 0.364 e. The molecule has 0 radical (unpaired) electrons. The summed E-state index contributed by atoms with van der Waals surface area (Å²) in [6.45, 7) is 0. The average molecular weight is 198 g/mol. The van der Waals surface area contributed by atoms with Crippen LogP contribution in [0.5, 0.6) is 0 Å². The highest BCUT2D eigenvalue weighted by Crippen LogP contribution is 2.29. The average Bonchev–Trinajstić information content (AvgIpc) is 2.36. The van der Waals surface area contributed by atoms with E-state index >= 15 is 0 Å². The van der Waals surface area contributed by atoms with Gasteiger partial charge in [-0.1, -0.05) is 22.0 Å². The molecule has 1 heterocycles. The summed E-state index contributed by atoms with van der Waals surface area (Å²) in [5.74, 6) is 0. The fraction of sp³-hybridized carbons (Fsp3) is 0.250. The van der Waals surface area contributed by atoms with Crippen LogP contribution in [0.4, 0.5) is 0 Å². The topological polar surface area (TPSA) is 15.8 Å². The number of nitrogens with one attached hydrogen (secondary N) is 1. The van der Waals surface area contributed by atoms with Gasteiger partial charge in [0, 0.05) is 21.9 Å². The zero-order chi connectivity index (χ0) is 6.97. The quantitative estimate of drug-likeness (QED) is 0.659. The summed E-state index contributed by atoms with van der Waals surface area (Å²) in [5, 5.41) is 0. The molecule has 10 heavy (non-hydrogen) atoms. The van der Waals surface area contributed by atoms with E-state index in [1.54, 1.807) is 0 Å². The van der Waals surface area contributed by atoms with Crippen LogP contribution in [0.15, 0.2) is 18.3 Å². The van der Waals surface area contributed by atoms with Gasteiger partial charge < -0.3 is 4.98 Å². The van der Waals surface area contributed by atoms with Crippen molar-refractivity contribution in [3.63, 3.8) is 0 Å². The lowest BCUT2D eigenvalue weighted by atomic mass is 10.1. The molecule has 0 unspecified atom stereocenters. The number of rotatable bonds is 0. The highest BCUT2D eigenvalue weighted by atomic mass is 79.9. The first-order valence-electron chi connectivity index (χ1n) is 3.40. The van der Waals surface area contributed by atoms with Crippen LogP contribution in [0.25, 0.3) is 4.48 Å². The number of aromatic nitrogens is 1. The number of H-pyrrole nitrogens is 1. The van der Waals surface area contributed by atoms with Crippen molar-refractivity contribution in [2.45, 2.75) is 12.8 Å². The molecule has 2 rings (SSSR count). The molecule has 0 atom stereocenters. The van der Waals surface area contributed by atoms with Crippen molar-refractivity contribution in [2.75, 3.05) is 0 Å². The van der Waals surface area contributed by atoms with Crippen LogP contribution in [-0.4, -0.2) is 4.98 Å². The second-order valence-electron chi connectivity index (χ2n) is 2.46. The van der Waals surface area contributed by atoms with Crippen LogP contribution >= 0.6 is 15.9 Å². The Hall–Kier alpha value is -0.500. The first kappa shape index (κ1) is 6.23. The summed E-state index contributed by atoms with van der Waals surface area (Å²) in [5.41, 5.74) is 2.68. The van der Waals surface area contributed by atoms with Gasteiger partial charge in [0.15, 0.2) is 0 Å². The fourth-order valence-electron chi connectivity index (χ4n) is 1.29. The van der Waals surface area contributed by atoms with Crippen molar-refractivity contribution in [1.29, 1.82) is 0 Å². The Morgan fingerprint density at radius 3 is 3.20 bits per heavy atom. The van der Waals surface area contributed by atoms with Crippen molar-refractivity contribution < 1.29 is 0 Å². The Morgan fingerprint density at radius 2 is 2.40 bits per heavy atom. The highest BCUT2D eigenvalue weighted by Gasteiger charge is 2.09. The maximum atomic E-state index is 3.51. The van der Waals surface area contributed by atoms with Crippen molar-refractivity contribution >= 4 is 20.4 Å². The van der Waals surface area contributed by atoms with E-state index in [2.05, 4.69) is 33.1 Å². The Labute approximate surface area is 68.3 Å². The SMILES string of the molecule is BrC1=CCCc2[nH]ccc21. The lowest BCUT2D eigenvalue weighted by Gasteiger charge is -2.07. The van der Waals surface area contributed by atoms with Crippen LogP contribution in [0.2, 0.25) is 0 Å². The minimum absolute atomic E-state index is 1.15. The molecule has 2 heteroatoms. The molecule has 0 fully saturated rings. The zero-order valence-corrected chi connectivity index (χ0v) is 7.11. The van der Waals surface area contributed by atoms with Crippen LogP contribution in [0.3, 0.4) is 0 Å². The maximum Gasteiger partial charge on any atom is 0.0235 e. The van der Waals surface area contributed by atoms with E-state index in [0.717, 1.165) is 12.8 Å². The summed E-state index contributed by atoms with van der Waals surface area (Å²) < 4.78 is 1.23.